The average molecular weight is 373 g/mol. The number of nitrogens with zero attached hydrogens (tertiary/aromatic N) is 3. The molecule has 24 heavy (non-hydrogen) atoms. The molecule has 0 unspecified atom stereocenters. The van der Waals surface area contributed by atoms with Crippen LogP contribution in [0.3, 0.4) is 0 Å². The molecule has 0 aliphatic rings. The van der Waals surface area contributed by atoms with Crippen LogP contribution in [0.15, 0.2) is 29.7 Å². The molecule has 2 aromatic heterocycles. The van der Waals surface area contributed by atoms with E-state index in [9.17, 15) is 18.0 Å². The maximum Gasteiger partial charge on any atom is 0.356 e. The molecule has 0 aliphatic heterocycles. The van der Waals surface area contributed by atoms with Gasteiger partial charge < -0.3 is 15.0 Å². The lowest BCUT2D eigenvalue weighted by molar-refractivity contribution is -0.116. The Morgan fingerprint density at radius 1 is 1.38 bits per heavy atom. The minimum atomic E-state index is -3.79. The van der Waals surface area contributed by atoms with Crippen LogP contribution in [-0.4, -0.2) is 45.7 Å². The number of rotatable bonds is 6. The van der Waals surface area contributed by atoms with Crippen molar-refractivity contribution >= 4 is 39.1 Å². The lowest BCUT2D eigenvalue weighted by atomic mass is 10.4. The van der Waals surface area contributed by atoms with Crippen molar-refractivity contribution in [1.82, 2.24) is 14.5 Å². The van der Waals surface area contributed by atoms with E-state index in [-0.39, 0.29) is 11.6 Å². The number of carbonyl (C=O) groups is 2. The molecule has 0 atom stereocenters. The van der Waals surface area contributed by atoms with E-state index in [1.807, 2.05) is 0 Å². The van der Waals surface area contributed by atoms with Gasteiger partial charge in [-0.25, -0.2) is 23.2 Å². The summed E-state index contributed by atoms with van der Waals surface area (Å²) in [4.78, 5) is 30.5. The van der Waals surface area contributed by atoms with Crippen molar-refractivity contribution in [3.63, 3.8) is 0 Å². The number of anilines is 1. The first-order valence-electron chi connectivity index (χ1n) is 6.67. The van der Waals surface area contributed by atoms with Gasteiger partial charge in [-0.3, -0.25) is 4.79 Å². The van der Waals surface area contributed by atoms with Crippen LogP contribution in [0.4, 0.5) is 5.82 Å². The molecule has 0 saturated carbocycles. The Morgan fingerprint density at radius 3 is 2.62 bits per heavy atom. The number of hydrogen-bond acceptors (Lipinski definition) is 6. The molecule has 2 N–H and O–H groups in total. The Bertz CT molecular complexity index is 876. The number of imidazole rings is 1. The van der Waals surface area contributed by atoms with E-state index in [0.717, 1.165) is 10.8 Å². The third-order valence-corrected chi connectivity index (χ3v) is 4.79. The SMILES string of the molecule is CCS(=O)(=O)c1nc(C(=O)O)cn1CC(=O)Nc1ccc(Cl)cn1. The zero-order valence-corrected chi connectivity index (χ0v) is 14.0. The van der Waals surface area contributed by atoms with Crippen molar-refractivity contribution in [2.24, 2.45) is 0 Å². The maximum atomic E-state index is 12.0. The number of hydrogen-bond donors (Lipinski definition) is 2. The normalized spacial score (nSPS) is 11.2. The predicted molar refractivity (Wildman–Crippen MR) is 84.8 cm³/mol. The number of carbonyl (C=O) groups excluding carboxylic acids is 1. The number of carboxylic acid groups (broad SMARTS) is 1. The molecule has 0 spiro atoms. The van der Waals surface area contributed by atoms with E-state index >= 15 is 0 Å². The third-order valence-electron chi connectivity index (χ3n) is 2.93. The first-order valence-corrected chi connectivity index (χ1v) is 8.70. The summed E-state index contributed by atoms with van der Waals surface area (Å²) in [6, 6.07) is 3.00. The number of pyridine rings is 1. The monoisotopic (exact) mass is 372 g/mol. The van der Waals surface area contributed by atoms with Gasteiger partial charge in [-0.05, 0) is 12.1 Å². The zero-order chi connectivity index (χ0) is 17.9. The molecule has 11 heteroatoms. The van der Waals surface area contributed by atoms with Gasteiger partial charge in [0.25, 0.3) is 0 Å². The highest BCUT2D eigenvalue weighted by Crippen LogP contribution is 2.13. The summed E-state index contributed by atoms with van der Waals surface area (Å²) in [6.45, 7) is 0.964. The number of carboxylic acids is 1. The fraction of sp³-hybridized carbons (Fsp3) is 0.231. The summed E-state index contributed by atoms with van der Waals surface area (Å²) in [6.07, 6.45) is 2.34. The molecule has 0 fully saturated rings. The quantitative estimate of drug-likeness (QED) is 0.774. The van der Waals surface area contributed by atoms with E-state index in [4.69, 9.17) is 16.7 Å². The lowest BCUT2D eigenvalue weighted by Crippen LogP contribution is -2.22. The van der Waals surface area contributed by atoms with Gasteiger partial charge in [0.05, 0.1) is 10.8 Å². The fourth-order valence-electron chi connectivity index (χ4n) is 1.78. The Hall–Kier alpha value is -2.46. The smallest absolute Gasteiger partial charge is 0.356 e. The van der Waals surface area contributed by atoms with E-state index in [1.54, 1.807) is 0 Å². The van der Waals surface area contributed by atoms with Gasteiger partial charge in [0.1, 0.15) is 12.4 Å². The highest BCUT2D eigenvalue weighted by atomic mass is 35.5. The van der Waals surface area contributed by atoms with Crippen molar-refractivity contribution in [1.29, 1.82) is 0 Å². The Kier molecular flexibility index (Phi) is 5.20. The number of aromatic nitrogens is 3. The summed E-state index contributed by atoms with van der Waals surface area (Å²) in [5, 5.41) is 11.3. The first-order chi connectivity index (χ1) is 11.2. The standard InChI is InChI=1S/C13H13ClN4O5S/c1-2-24(22,23)13-16-9(12(20)21)6-18(13)7-11(19)17-10-4-3-8(14)5-15-10/h3-6H,2,7H2,1H3,(H,20,21)(H,15,17,19). The van der Waals surface area contributed by atoms with E-state index < -0.39 is 39.1 Å². The van der Waals surface area contributed by atoms with Crippen molar-refractivity contribution in [2.45, 2.75) is 18.6 Å². The van der Waals surface area contributed by atoms with E-state index in [1.165, 1.54) is 25.3 Å². The first kappa shape index (κ1) is 17.9. The summed E-state index contributed by atoms with van der Waals surface area (Å²) >= 11 is 5.69. The van der Waals surface area contributed by atoms with Crippen LogP contribution in [0.5, 0.6) is 0 Å². The largest absolute Gasteiger partial charge is 0.476 e. The molecule has 0 saturated heterocycles. The Labute approximate surface area is 142 Å². The number of halogens is 1. The molecule has 1 amide bonds. The van der Waals surface area contributed by atoms with E-state index in [0.29, 0.717) is 5.02 Å². The van der Waals surface area contributed by atoms with Crippen molar-refractivity contribution < 1.29 is 23.1 Å². The summed E-state index contributed by atoms with van der Waals surface area (Å²) in [7, 11) is -3.79. The highest BCUT2D eigenvalue weighted by molar-refractivity contribution is 7.91. The van der Waals surface area contributed by atoms with Crippen molar-refractivity contribution in [3.8, 4) is 0 Å². The van der Waals surface area contributed by atoms with Crippen LogP contribution >= 0.6 is 11.6 Å². The van der Waals surface area contributed by atoms with Gasteiger partial charge in [0.15, 0.2) is 5.69 Å². The fourth-order valence-corrected chi connectivity index (χ4v) is 2.86. The number of sulfone groups is 1. The number of aromatic carboxylic acids is 1. The highest BCUT2D eigenvalue weighted by Gasteiger charge is 2.24. The van der Waals surface area contributed by atoms with Gasteiger partial charge >= 0.3 is 5.97 Å². The topological polar surface area (TPSA) is 131 Å². The molecule has 9 nitrogen and oxygen atoms in total. The second kappa shape index (κ2) is 6.97. The average Bonchev–Trinajstić information content (AvgIpc) is 2.94. The summed E-state index contributed by atoms with van der Waals surface area (Å²) < 4.78 is 25.0. The molecular weight excluding hydrogens is 360 g/mol. The van der Waals surface area contributed by atoms with Crippen LogP contribution in [-0.2, 0) is 21.2 Å². The van der Waals surface area contributed by atoms with Gasteiger partial charge in [0.2, 0.25) is 20.9 Å². The molecule has 0 bridgehead atoms. The van der Waals surface area contributed by atoms with Crippen molar-refractivity contribution in [3.05, 3.63) is 35.2 Å². The molecule has 2 aromatic rings. The predicted octanol–water partition coefficient (Wildman–Crippen LogP) is 1.06. The van der Waals surface area contributed by atoms with Gasteiger partial charge in [-0.2, -0.15) is 0 Å². The molecule has 0 aromatic carbocycles. The van der Waals surface area contributed by atoms with Crippen LogP contribution in [0, 0.1) is 0 Å². The molecule has 2 heterocycles. The number of nitrogens with one attached hydrogen (secondary N) is 1. The lowest BCUT2D eigenvalue weighted by Gasteiger charge is -2.08. The third kappa shape index (κ3) is 4.09. The second-order valence-corrected chi connectivity index (χ2v) is 7.26. The maximum absolute atomic E-state index is 12.0. The van der Waals surface area contributed by atoms with Crippen LogP contribution in [0.25, 0.3) is 0 Å². The molecular formula is C13H13ClN4O5S. The van der Waals surface area contributed by atoms with Gasteiger partial charge in [0, 0.05) is 12.4 Å². The van der Waals surface area contributed by atoms with Gasteiger partial charge in [-0.15, -0.1) is 0 Å². The van der Waals surface area contributed by atoms with E-state index in [2.05, 4.69) is 15.3 Å². The molecule has 0 aliphatic carbocycles. The summed E-state index contributed by atoms with van der Waals surface area (Å²) in [5.74, 6) is -2.03. The van der Waals surface area contributed by atoms with Crippen molar-refractivity contribution in [2.75, 3.05) is 11.1 Å². The number of amides is 1. The van der Waals surface area contributed by atoms with Crippen LogP contribution in [0.1, 0.15) is 17.4 Å². The van der Waals surface area contributed by atoms with Crippen LogP contribution < -0.4 is 5.32 Å². The summed E-state index contributed by atoms with van der Waals surface area (Å²) in [5.41, 5.74) is -0.459. The molecule has 128 valence electrons. The van der Waals surface area contributed by atoms with Crippen LogP contribution in [0.2, 0.25) is 5.02 Å². The molecule has 2 rings (SSSR count). The second-order valence-electron chi connectivity index (χ2n) is 4.66. The minimum absolute atomic E-state index is 0.225. The molecule has 0 radical (unpaired) electrons. The zero-order valence-electron chi connectivity index (χ0n) is 12.4. The Morgan fingerprint density at radius 2 is 2.08 bits per heavy atom. The Balaban J connectivity index is 2.26. The van der Waals surface area contributed by atoms with Gasteiger partial charge in [-0.1, -0.05) is 18.5 Å². The minimum Gasteiger partial charge on any atom is -0.476 e.